The van der Waals surface area contributed by atoms with Gasteiger partial charge in [0.2, 0.25) is 5.91 Å². The van der Waals surface area contributed by atoms with Crippen molar-refractivity contribution in [3.63, 3.8) is 0 Å². The fourth-order valence-corrected chi connectivity index (χ4v) is 4.66. The van der Waals surface area contributed by atoms with Crippen molar-refractivity contribution in [2.75, 3.05) is 12.3 Å². The summed E-state index contributed by atoms with van der Waals surface area (Å²) in [5.41, 5.74) is 1.40. The lowest BCUT2D eigenvalue weighted by molar-refractivity contribution is -0.132. The minimum absolute atomic E-state index is 0.119. The Morgan fingerprint density at radius 3 is 2.82 bits per heavy atom. The summed E-state index contributed by atoms with van der Waals surface area (Å²) >= 11 is 7.92. The molecule has 0 bridgehead atoms. The molecular formula is C18H26ClNOS. The molecule has 0 aromatic heterocycles. The van der Waals surface area contributed by atoms with Gasteiger partial charge in [-0.1, -0.05) is 51.4 Å². The summed E-state index contributed by atoms with van der Waals surface area (Å²) in [5.74, 6) is 1.68. The Labute approximate surface area is 143 Å². The maximum atomic E-state index is 12.7. The summed E-state index contributed by atoms with van der Waals surface area (Å²) in [6.45, 7) is 9.71. The van der Waals surface area contributed by atoms with Gasteiger partial charge in [-0.15, -0.1) is 11.8 Å². The number of benzene rings is 1. The molecule has 0 aliphatic carbocycles. The average molecular weight is 340 g/mol. The second-order valence-electron chi connectivity index (χ2n) is 7.44. The van der Waals surface area contributed by atoms with Crippen LogP contribution in [0.3, 0.4) is 0 Å². The molecule has 0 unspecified atom stereocenters. The van der Waals surface area contributed by atoms with Gasteiger partial charge in [0.05, 0.1) is 0 Å². The first-order valence-electron chi connectivity index (χ1n) is 7.93. The van der Waals surface area contributed by atoms with Crippen molar-refractivity contribution < 1.29 is 4.79 Å². The van der Waals surface area contributed by atoms with Crippen molar-refractivity contribution in [3.8, 4) is 0 Å². The van der Waals surface area contributed by atoms with Crippen LogP contribution in [0.1, 0.15) is 51.5 Å². The molecule has 22 heavy (non-hydrogen) atoms. The standard InChI is InChI=1S/C18H26ClNOS/c1-13(12-18(2,3)4)10-16(21)20-8-9-22-17(20)14-6-5-7-15(19)11-14/h5-7,11,13,17H,8-10,12H2,1-4H3/t13-,17-/m1/s1. The van der Waals surface area contributed by atoms with Crippen molar-refractivity contribution in [1.29, 1.82) is 0 Å². The van der Waals surface area contributed by atoms with Crippen LogP contribution in [0.5, 0.6) is 0 Å². The van der Waals surface area contributed by atoms with Crippen molar-refractivity contribution >= 4 is 29.3 Å². The van der Waals surface area contributed by atoms with Crippen molar-refractivity contribution in [1.82, 2.24) is 4.90 Å². The lowest BCUT2D eigenvalue weighted by Crippen LogP contribution is -2.32. The van der Waals surface area contributed by atoms with Crippen LogP contribution in [0.25, 0.3) is 0 Å². The molecule has 1 aromatic carbocycles. The van der Waals surface area contributed by atoms with Crippen molar-refractivity contribution in [2.24, 2.45) is 11.3 Å². The molecule has 2 nitrogen and oxygen atoms in total. The molecule has 0 radical (unpaired) electrons. The number of carbonyl (C=O) groups is 1. The van der Waals surface area contributed by atoms with Gasteiger partial charge in [0.15, 0.2) is 0 Å². The molecule has 2 atom stereocenters. The predicted molar refractivity (Wildman–Crippen MR) is 96.2 cm³/mol. The van der Waals surface area contributed by atoms with E-state index in [1.807, 2.05) is 34.9 Å². The van der Waals surface area contributed by atoms with E-state index in [0.29, 0.717) is 12.3 Å². The molecule has 1 aromatic rings. The summed E-state index contributed by atoms with van der Waals surface area (Å²) in [7, 11) is 0. The van der Waals surface area contributed by atoms with E-state index in [1.165, 1.54) is 0 Å². The van der Waals surface area contributed by atoms with Crippen molar-refractivity contribution in [2.45, 2.75) is 45.9 Å². The minimum Gasteiger partial charge on any atom is -0.326 e. The van der Waals surface area contributed by atoms with E-state index in [-0.39, 0.29) is 16.7 Å². The highest BCUT2D eigenvalue weighted by Crippen LogP contribution is 2.39. The maximum absolute atomic E-state index is 12.7. The molecule has 2 rings (SSSR count). The normalized spacial score (nSPS) is 20.2. The first-order valence-corrected chi connectivity index (χ1v) is 9.35. The summed E-state index contributed by atoms with van der Waals surface area (Å²) in [6.07, 6.45) is 1.70. The summed E-state index contributed by atoms with van der Waals surface area (Å²) < 4.78 is 0. The molecule has 1 saturated heterocycles. The fraction of sp³-hybridized carbons (Fsp3) is 0.611. The van der Waals surface area contributed by atoms with E-state index in [9.17, 15) is 4.79 Å². The number of rotatable bonds is 4. The maximum Gasteiger partial charge on any atom is 0.224 e. The molecule has 122 valence electrons. The average Bonchev–Trinajstić information content (AvgIpc) is 2.85. The largest absolute Gasteiger partial charge is 0.326 e. The Morgan fingerprint density at radius 2 is 2.18 bits per heavy atom. The monoisotopic (exact) mass is 339 g/mol. The van der Waals surface area contributed by atoms with Gasteiger partial charge in [-0.05, 0) is 35.4 Å². The first-order chi connectivity index (χ1) is 10.3. The molecule has 4 heteroatoms. The third-order valence-corrected chi connectivity index (χ3v) is 5.32. The second kappa shape index (κ2) is 7.27. The van der Waals surface area contributed by atoms with Gasteiger partial charge < -0.3 is 4.90 Å². The molecule has 1 heterocycles. The highest BCUT2D eigenvalue weighted by molar-refractivity contribution is 7.99. The molecule has 1 fully saturated rings. The zero-order valence-corrected chi connectivity index (χ0v) is 15.5. The Balaban J connectivity index is 2.02. The molecule has 0 spiro atoms. The van der Waals surface area contributed by atoms with Gasteiger partial charge in [-0.2, -0.15) is 0 Å². The summed E-state index contributed by atoms with van der Waals surface area (Å²) in [5, 5.41) is 0.853. The molecule has 1 amide bonds. The Morgan fingerprint density at radius 1 is 1.45 bits per heavy atom. The SMILES string of the molecule is C[C@H](CC(=O)N1CCS[C@@H]1c1cccc(Cl)c1)CC(C)(C)C. The fourth-order valence-electron chi connectivity index (χ4n) is 3.19. The van der Waals surface area contributed by atoms with Crippen LogP contribution < -0.4 is 0 Å². The number of nitrogens with zero attached hydrogens (tertiary/aromatic N) is 1. The molecule has 0 N–H and O–H groups in total. The van der Waals surface area contributed by atoms with Crippen LogP contribution in [-0.4, -0.2) is 23.1 Å². The Kier molecular flexibility index (Phi) is 5.84. The Bertz CT molecular complexity index is 526. The van der Waals surface area contributed by atoms with E-state index in [0.717, 1.165) is 29.3 Å². The first kappa shape index (κ1) is 17.7. The van der Waals surface area contributed by atoms with Gasteiger partial charge in [-0.25, -0.2) is 0 Å². The minimum atomic E-state index is 0.119. The van der Waals surface area contributed by atoms with Crippen molar-refractivity contribution in [3.05, 3.63) is 34.9 Å². The summed E-state index contributed by atoms with van der Waals surface area (Å²) in [6, 6.07) is 7.88. The molecule has 1 aliphatic rings. The summed E-state index contributed by atoms with van der Waals surface area (Å²) in [4.78, 5) is 14.7. The quantitative estimate of drug-likeness (QED) is 0.734. The number of carbonyl (C=O) groups excluding carboxylic acids is 1. The number of hydrogen-bond donors (Lipinski definition) is 0. The van der Waals surface area contributed by atoms with Crippen LogP contribution in [-0.2, 0) is 4.79 Å². The lowest BCUT2D eigenvalue weighted by Gasteiger charge is -2.28. The number of thioether (sulfide) groups is 1. The third kappa shape index (κ3) is 4.92. The molecular weight excluding hydrogens is 314 g/mol. The van der Waals surface area contributed by atoms with E-state index in [2.05, 4.69) is 33.8 Å². The smallest absolute Gasteiger partial charge is 0.224 e. The van der Waals surface area contributed by atoms with Crippen LogP contribution in [0.2, 0.25) is 5.02 Å². The van der Waals surface area contributed by atoms with E-state index >= 15 is 0 Å². The topological polar surface area (TPSA) is 20.3 Å². The Hall–Kier alpha value is -0.670. The van der Waals surface area contributed by atoms with Gasteiger partial charge >= 0.3 is 0 Å². The zero-order valence-electron chi connectivity index (χ0n) is 13.9. The highest BCUT2D eigenvalue weighted by Gasteiger charge is 2.31. The molecule has 0 saturated carbocycles. The van der Waals surface area contributed by atoms with Gasteiger partial charge in [-0.3, -0.25) is 4.79 Å². The van der Waals surface area contributed by atoms with Crippen LogP contribution >= 0.6 is 23.4 Å². The van der Waals surface area contributed by atoms with Gasteiger partial charge in [0.25, 0.3) is 0 Å². The van der Waals surface area contributed by atoms with E-state index in [4.69, 9.17) is 11.6 Å². The number of halogens is 1. The third-order valence-electron chi connectivity index (χ3n) is 3.83. The van der Waals surface area contributed by atoms with Crippen LogP contribution in [0.4, 0.5) is 0 Å². The van der Waals surface area contributed by atoms with Crippen LogP contribution in [0, 0.1) is 11.3 Å². The lowest BCUT2D eigenvalue weighted by atomic mass is 9.84. The van der Waals surface area contributed by atoms with Gasteiger partial charge in [0.1, 0.15) is 5.37 Å². The predicted octanol–water partition coefficient (Wildman–Crippen LogP) is 5.38. The van der Waals surface area contributed by atoms with E-state index in [1.54, 1.807) is 0 Å². The number of amides is 1. The zero-order chi connectivity index (χ0) is 16.3. The van der Waals surface area contributed by atoms with Crippen LogP contribution in [0.15, 0.2) is 24.3 Å². The van der Waals surface area contributed by atoms with Gasteiger partial charge in [0, 0.05) is 23.7 Å². The van der Waals surface area contributed by atoms with E-state index < -0.39 is 0 Å². The highest BCUT2D eigenvalue weighted by atomic mass is 35.5. The number of hydrogen-bond acceptors (Lipinski definition) is 2. The second-order valence-corrected chi connectivity index (χ2v) is 9.06. The molecule has 1 aliphatic heterocycles.